The fraction of sp³-hybridized carbons (Fsp3) is 0.533. The molecule has 0 aromatic heterocycles. The van der Waals surface area contributed by atoms with Crippen LogP contribution in [0.15, 0.2) is 18.2 Å². The number of ether oxygens (including phenoxy) is 2. The van der Waals surface area contributed by atoms with E-state index in [2.05, 4.69) is 6.92 Å². The molecule has 0 atom stereocenters. The van der Waals surface area contributed by atoms with Gasteiger partial charge in [0.2, 0.25) is 0 Å². The second-order valence-corrected chi connectivity index (χ2v) is 4.31. The van der Waals surface area contributed by atoms with E-state index in [-0.39, 0.29) is 5.91 Å². The van der Waals surface area contributed by atoms with Gasteiger partial charge in [0.15, 0.2) is 11.5 Å². The lowest BCUT2D eigenvalue weighted by Crippen LogP contribution is -2.31. The number of hydrogen-bond donors (Lipinski definition) is 0. The average Bonchev–Trinajstić information content (AvgIpc) is 2.46. The van der Waals surface area contributed by atoms with Crippen molar-refractivity contribution in [3.63, 3.8) is 0 Å². The maximum Gasteiger partial charge on any atom is 0.253 e. The van der Waals surface area contributed by atoms with Crippen LogP contribution in [0.2, 0.25) is 0 Å². The second kappa shape index (κ2) is 7.67. The minimum atomic E-state index is 0.0388. The molecule has 19 heavy (non-hydrogen) atoms. The summed E-state index contributed by atoms with van der Waals surface area (Å²) in [5.41, 5.74) is 0.635. The first kappa shape index (κ1) is 15.3. The molecule has 0 unspecified atom stereocenters. The molecule has 0 aliphatic carbocycles. The van der Waals surface area contributed by atoms with Crippen molar-refractivity contribution < 1.29 is 14.3 Å². The smallest absolute Gasteiger partial charge is 0.253 e. The van der Waals surface area contributed by atoms with Gasteiger partial charge in [-0.05, 0) is 31.5 Å². The molecule has 0 saturated heterocycles. The highest BCUT2D eigenvalue weighted by Gasteiger charge is 2.15. The third kappa shape index (κ3) is 3.88. The highest BCUT2D eigenvalue weighted by atomic mass is 16.5. The van der Waals surface area contributed by atoms with Crippen LogP contribution in [0.5, 0.6) is 11.5 Å². The Bertz CT molecular complexity index is 418. The van der Waals surface area contributed by atoms with Gasteiger partial charge in [0.25, 0.3) is 5.91 Å². The van der Waals surface area contributed by atoms with Gasteiger partial charge >= 0.3 is 0 Å². The standard InChI is InChI=1S/C15H23NO3/c1-5-7-10-16(6-2)15(17)12-8-9-13(18-3)14(11-12)19-4/h8-9,11H,5-7,10H2,1-4H3. The molecule has 1 amide bonds. The maximum atomic E-state index is 12.4. The topological polar surface area (TPSA) is 38.8 Å². The molecule has 0 radical (unpaired) electrons. The zero-order chi connectivity index (χ0) is 14.3. The van der Waals surface area contributed by atoms with Gasteiger partial charge in [-0.15, -0.1) is 0 Å². The lowest BCUT2D eigenvalue weighted by Gasteiger charge is -2.21. The minimum absolute atomic E-state index is 0.0388. The van der Waals surface area contributed by atoms with Crippen molar-refractivity contribution in [3.8, 4) is 11.5 Å². The van der Waals surface area contributed by atoms with Crippen molar-refractivity contribution in [2.45, 2.75) is 26.7 Å². The molecular weight excluding hydrogens is 242 g/mol. The molecule has 4 heteroatoms. The third-order valence-corrected chi connectivity index (χ3v) is 3.08. The first-order chi connectivity index (χ1) is 9.17. The van der Waals surface area contributed by atoms with Crippen LogP contribution in [0.25, 0.3) is 0 Å². The van der Waals surface area contributed by atoms with Gasteiger partial charge in [-0.1, -0.05) is 13.3 Å². The van der Waals surface area contributed by atoms with Gasteiger partial charge in [0, 0.05) is 18.7 Å². The number of hydrogen-bond acceptors (Lipinski definition) is 3. The van der Waals surface area contributed by atoms with Gasteiger partial charge in [-0.3, -0.25) is 4.79 Å². The lowest BCUT2D eigenvalue weighted by atomic mass is 10.1. The summed E-state index contributed by atoms with van der Waals surface area (Å²) in [6.07, 6.45) is 2.10. The van der Waals surface area contributed by atoms with Gasteiger partial charge in [0.1, 0.15) is 0 Å². The summed E-state index contributed by atoms with van der Waals surface area (Å²) in [5.74, 6) is 1.26. The Labute approximate surface area is 115 Å². The molecule has 4 nitrogen and oxygen atoms in total. The first-order valence-corrected chi connectivity index (χ1v) is 6.69. The molecule has 0 bridgehead atoms. The van der Waals surface area contributed by atoms with Gasteiger partial charge < -0.3 is 14.4 Å². The molecule has 1 aromatic carbocycles. The molecule has 1 rings (SSSR count). The summed E-state index contributed by atoms with van der Waals surface area (Å²) >= 11 is 0. The number of unbranched alkanes of at least 4 members (excludes halogenated alkanes) is 1. The van der Waals surface area contributed by atoms with Gasteiger partial charge in [-0.25, -0.2) is 0 Å². The molecule has 106 valence electrons. The predicted molar refractivity (Wildman–Crippen MR) is 76.0 cm³/mol. The summed E-state index contributed by atoms with van der Waals surface area (Å²) in [6.45, 7) is 5.62. The van der Waals surface area contributed by atoms with Crippen molar-refractivity contribution in [2.75, 3.05) is 27.3 Å². The Morgan fingerprint density at radius 3 is 2.37 bits per heavy atom. The highest BCUT2D eigenvalue weighted by molar-refractivity contribution is 5.94. The normalized spacial score (nSPS) is 10.1. The van der Waals surface area contributed by atoms with Crippen molar-refractivity contribution in [1.82, 2.24) is 4.90 Å². The van der Waals surface area contributed by atoms with E-state index >= 15 is 0 Å². The number of amides is 1. The van der Waals surface area contributed by atoms with Crippen molar-refractivity contribution in [2.24, 2.45) is 0 Å². The Morgan fingerprint density at radius 1 is 1.16 bits per heavy atom. The summed E-state index contributed by atoms with van der Waals surface area (Å²) in [7, 11) is 3.15. The van der Waals surface area contributed by atoms with Crippen molar-refractivity contribution >= 4 is 5.91 Å². The SMILES string of the molecule is CCCCN(CC)C(=O)c1ccc(OC)c(OC)c1. The van der Waals surface area contributed by atoms with Crippen molar-refractivity contribution in [3.05, 3.63) is 23.8 Å². The number of carbonyl (C=O) groups excluding carboxylic acids is 1. The molecule has 0 aliphatic heterocycles. The molecule has 0 N–H and O–H groups in total. The van der Waals surface area contributed by atoms with E-state index in [9.17, 15) is 4.79 Å². The minimum Gasteiger partial charge on any atom is -0.493 e. The summed E-state index contributed by atoms with van der Waals surface area (Å²) in [5, 5.41) is 0. The van der Waals surface area contributed by atoms with Crippen LogP contribution in [0.4, 0.5) is 0 Å². The van der Waals surface area contributed by atoms with E-state index in [4.69, 9.17) is 9.47 Å². The van der Waals surface area contributed by atoms with E-state index in [1.165, 1.54) is 0 Å². The Kier molecular flexibility index (Phi) is 6.19. The maximum absolute atomic E-state index is 12.4. The van der Waals surface area contributed by atoms with E-state index in [1.807, 2.05) is 11.8 Å². The molecule has 0 aliphatic rings. The number of methoxy groups -OCH3 is 2. The zero-order valence-electron chi connectivity index (χ0n) is 12.2. The molecule has 0 fully saturated rings. The van der Waals surface area contributed by atoms with E-state index in [1.54, 1.807) is 32.4 Å². The Morgan fingerprint density at radius 2 is 1.84 bits per heavy atom. The van der Waals surface area contributed by atoms with E-state index < -0.39 is 0 Å². The lowest BCUT2D eigenvalue weighted by molar-refractivity contribution is 0.0762. The van der Waals surface area contributed by atoms with Crippen LogP contribution in [0, 0.1) is 0 Å². The highest BCUT2D eigenvalue weighted by Crippen LogP contribution is 2.28. The first-order valence-electron chi connectivity index (χ1n) is 6.69. The summed E-state index contributed by atoms with van der Waals surface area (Å²) in [6, 6.07) is 5.27. The largest absolute Gasteiger partial charge is 0.493 e. The van der Waals surface area contributed by atoms with Crippen LogP contribution >= 0.6 is 0 Å². The number of benzene rings is 1. The van der Waals surface area contributed by atoms with Crippen LogP contribution in [-0.4, -0.2) is 38.1 Å². The molecule has 0 saturated carbocycles. The summed E-state index contributed by atoms with van der Waals surface area (Å²) in [4.78, 5) is 14.2. The molecule has 0 spiro atoms. The van der Waals surface area contributed by atoms with Crippen LogP contribution in [0.3, 0.4) is 0 Å². The fourth-order valence-electron chi connectivity index (χ4n) is 1.90. The quantitative estimate of drug-likeness (QED) is 0.761. The van der Waals surface area contributed by atoms with Gasteiger partial charge in [-0.2, -0.15) is 0 Å². The van der Waals surface area contributed by atoms with E-state index in [0.717, 1.165) is 19.4 Å². The summed E-state index contributed by atoms with van der Waals surface area (Å²) < 4.78 is 10.4. The molecule has 0 heterocycles. The van der Waals surface area contributed by atoms with Gasteiger partial charge in [0.05, 0.1) is 14.2 Å². The number of nitrogens with zero attached hydrogens (tertiary/aromatic N) is 1. The monoisotopic (exact) mass is 265 g/mol. The Hall–Kier alpha value is -1.71. The second-order valence-electron chi connectivity index (χ2n) is 4.31. The molecular formula is C15H23NO3. The fourth-order valence-corrected chi connectivity index (χ4v) is 1.90. The van der Waals surface area contributed by atoms with Crippen LogP contribution in [-0.2, 0) is 0 Å². The van der Waals surface area contributed by atoms with Crippen LogP contribution in [0.1, 0.15) is 37.0 Å². The molecule has 1 aromatic rings. The third-order valence-electron chi connectivity index (χ3n) is 3.08. The van der Waals surface area contributed by atoms with Crippen molar-refractivity contribution in [1.29, 1.82) is 0 Å². The predicted octanol–water partition coefficient (Wildman–Crippen LogP) is 2.97. The van der Waals surface area contributed by atoms with Crippen LogP contribution < -0.4 is 9.47 Å². The number of carbonyl (C=O) groups is 1. The average molecular weight is 265 g/mol. The Balaban J connectivity index is 2.91. The zero-order valence-corrected chi connectivity index (χ0v) is 12.2. The van der Waals surface area contributed by atoms with E-state index in [0.29, 0.717) is 23.6 Å². The number of rotatable bonds is 7.